The monoisotopic (exact) mass is 250 g/mol. The number of benzene rings is 1. The lowest BCUT2D eigenvalue weighted by Crippen LogP contribution is -2.34. The molecule has 0 aliphatic carbocycles. The van der Waals surface area contributed by atoms with E-state index >= 15 is 0 Å². The number of para-hydroxylation sites is 1. The van der Waals surface area contributed by atoms with E-state index in [9.17, 15) is 4.79 Å². The van der Waals surface area contributed by atoms with Crippen LogP contribution in [0.2, 0.25) is 0 Å². The molecule has 1 heterocycles. The predicted octanol–water partition coefficient (Wildman–Crippen LogP) is 1.30. The van der Waals surface area contributed by atoms with Crippen molar-refractivity contribution in [3.05, 3.63) is 29.8 Å². The number of nitrogens with two attached hydrogens (primary N) is 1. The number of carbonyl (C=O) groups excluding carboxylic acids is 1. The molecule has 1 aromatic rings. The van der Waals surface area contributed by atoms with Crippen molar-refractivity contribution in [1.82, 2.24) is 5.32 Å². The number of thiocarbonyl (C=S) groups is 1. The molecule has 0 spiro atoms. The van der Waals surface area contributed by atoms with Crippen LogP contribution < -0.4 is 15.8 Å². The molecule has 4 nitrogen and oxygen atoms in total. The van der Waals surface area contributed by atoms with Gasteiger partial charge in [0.25, 0.3) is 0 Å². The van der Waals surface area contributed by atoms with Gasteiger partial charge in [0.1, 0.15) is 5.75 Å². The zero-order valence-electron chi connectivity index (χ0n) is 9.31. The summed E-state index contributed by atoms with van der Waals surface area (Å²) < 4.78 is 5.51. The summed E-state index contributed by atoms with van der Waals surface area (Å²) in [5.41, 5.74) is 6.35. The number of hydrogen-bond acceptors (Lipinski definition) is 3. The summed E-state index contributed by atoms with van der Waals surface area (Å²) >= 11 is 4.71. The Hall–Kier alpha value is -1.62. The third kappa shape index (κ3) is 2.94. The molecule has 1 aromatic carbocycles. The van der Waals surface area contributed by atoms with Gasteiger partial charge < -0.3 is 15.8 Å². The second-order valence-electron chi connectivity index (χ2n) is 3.94. The highest BCUT2D eigenvalue weighted by Gasteiger charge is 2.22. The van der Waals surface area contributed by atoms with Crippen molar-refractivity contribution in [3.8, 4) is 5.75 Å². The van der Waals surface area contributed by atoms with Crippen LogP contribution in [-0.4, -0.2) is 17.5 Å². The van der Waals surface area contributed by atoms with Crippen LogP contribution in [0.15, 0.2) is 24.3 Å². The van der Waals surface area contributed by atoms with E-state index in [1.54, 1.807) is 0 Å². The minimum Gasteiger partial charge on any atom is -0.493 e. The van der Waals surface area contributed by atoms with E-state index in [1.165, 1.54) is 0 Å². The molecule has 0 saturated heterocycles. The van der Waals surface area contributed by atoms with Crippen LogP contribution in [-0.2, 0) is 4.79 Å². The Morgan fingerprint density at radius 2 is 2.29 bits per heavy atom. The largest absolute Gasteiger partial charge is 0.493 e. The maximum atomic E-state index is 11.6. The van der Waals surface area contributed by atoms with E-state index < -0.39 is 0 Å². The second kappa shape index (κ2) is 5.14. The number of hydrogen-bond donors (Lipinski definition) is 2. The van der Waals surface area contributed by atoms with Crippen molar-refractivity contribution in [2.45, 2.75) is 18.9 Å². The normalized spacial score (nSPS) is 17.8. The lowest BCUT2D eigenvalue weighted by Gasteiger charge is -2.26. The molecule has 17 heavy (non-hydrogen) atoms. The van der Waals surface area contributed by atoms with Crippen LogP contribution in [0.1, 0.15) is 24.4 Å². The van der Waals surface area contributed by atoms with Crippen LogP contribution in [0.4, 0.5) is 0 Å². The number of amides is 1. The van der Waals surface area contributed by atoms with Crippen LogP contribution in [0.25, 0.3) is 0 Å². The highest BCUT2D eigenvalue weighted by atomic mass is 32.1. The molecule has 0 bridgehead atoms. The average molecular weight is 250 g/mol. The summed E-state index contributed by atoms with van der Waals surface area (Å²) in [6.07, 6.45) is 0.856. The minimum atomic E-state index is -0.140. The first-order chi connectivity index (χ1) is 8.16. The zero-order chi connectivity index (χ0) is 12.3. The minimum absolute atomic E-state index is 0.0122. The Morgan fingerprint density at radius 3 is 3.06 bits per heavy atom. The van der Waals surface area contributed by atoms with Crippen molar-refractivity contribution in [1.29, 1.82) is 0 Å². The van der Waals surface area contributed by atoms with Gasteiger partial charge in [-0.3, -0.25) is 4.79 Å². The molecule has 5 heteroatoms. The molecular weight excluding hydrogens is 236 g/mol. The highest BCUT2D eigenvalue weighted by molar-refractivity contribution is 7.80. The third-order valence-electron chi connectivity index (χ3n) is 2.63. The number of rotatable bonds is 3. The summed E-state index contributed by atoms with van der Waals surface area (Å²) in [5, 5.41) is 2.92. The van der Waals surface area contributed by atoms with Crippen molar-refractivity contribution < 1.29 is 9.53 Å². The van der Waals surface area contributed by atoms with Crippen LogP contribution in [0, 0.1) is 0 Å². The fourth-order valence-electron chi connectivity index (χ4n) is 1.90. The maximum Gasteiger partial charge on any atom is 0.227 e. The van der Waals surface area contributed by atoms with E-state index in [4.69, 9.17) is 22.7 Å². The maximum absolute atomic E-state index is 11.6. The molecule has 1 aliphatic rings. The number of nitrogens with one attached hydrogen (secondary N) is 1. The topological polar surface area (TPSA) is 64.4 Å². The summed E-state index contributed by atoms with van der Waals surface area (Å²) in [5.74, 6) is 0.693. The quantitative estimate of drug-likeness (QED) is 0.794. The summed E-state index contributed by atoms with van der Waals surface area (Å²) in [6.45, 7) is 0.606. The van der Waals surface area contributed by atoms with Crippen molar-refractivity contribution >= 4 is 23.1 Å². The fourth-order valence-corrected chi connectivity index (χ4v) is 2.03. The first kappa shape index (κ1) is 11.9. The molecule has 0 saturated carbocycles. The second-order valence-corrected chi connectivity index (χ2v) is 4.46. The van der Waals surface area contributed by atoms with Gasteiger partial charge in [0.2, 0.25) is 5.91 Å². The van der Waals surface area contributed by atoms with Crippen molar-refractivity contribution in [3.63, 3.8) is 0 Å². The lowest BCUT2D eigenvalue weighted by atomic mass is 10.0. The van der Waals surface area contributed by atoms with Gasteiger partial charge in [-0.25, -0.2) is 0 Å². The van der Waals surface area contributed by atoms with Crippen LogP contribution in [0.3, 0.4) is 0 Å². The number of ether oxygens (including phenoxy) is 1. The van der Waals surface area contributed by atoms with Crippen LogP contribution in [0.5, 0.6) is 5.75 Å². The van der Waals surface area contributed by atoms with E-state index in [2.05, 4.69) is 5.32 Å². The highest BCUT2D eigenvalue weighted by Crippen LogP contribution is 2.31. The first-order valence-corrected chi connectivity index (χ1v) is 5.87. The van der Waals surface area contributed by atoms with Gasteiger partial charge in [-0.2, -0.15) is 0 Å². The Morgan fingerprint density at radius 1 is 1.53 bits per heavy atom. The molecule has 0 radical (unpaired) electrons. The number of fused-ring (bicyclic) bond motifs is 1. The molecule has 1 amide bonds. The summed E-state index contributed by atoms with van der Waals surface area (Å²) in [6, 6.07) is 7.70. The predicted molar refractivity (Wildman–Crippen MR) is 68.8 cm³/mol. The Kier molecular flexibility index (Phi) is 3.58. The van der Waals surface area contributed by atoms with Crippen molar-refractivity contribution in [2.75, 3.05) is 6.61 Å². The van der Waals surface area contributed by atoms with E-state index in [-0.39, 0.29) is 23.4 Å². The molecule has 1 unspecified atom stereocenters. The third-order valence-corrected chi connectivity index (χ3v) is 2.77. The van der Waals surface area contributed by atoms with Crippen LogP contribution >= 0.6 is 12.2 Å². The van der Waals surface area contributed by atoms with E-state index in [0.29, 0.717) is 6.61 Å². The molecule has 3 N–H and O–H groups in total. The molecule has 90 valence electrons. The Labute approximate surface area is 105 Å². The van der Waals surface area contributed by atoms with E-state index in [0.717, 1.165) is 17.7 Å². The first-order valence-electron chi connectivity index (χ1n) is 5.46. The SMILES string of the molecule is NC(=S)CC(=O)NC1CCOc2ccccc21. The van der Waals surface area contributed by atoms with Gasteiger partial charge in [0, 0.05) is 12.0 Å². The molecule has 0 aromatic heterocycles. The Bertz CT molecular complexity index is 448. The molecular formula is C12H14N2O2S. The Balaban J connectivity index is 2.08. The van der Waals surface area contributed by atoms with Gasteiger partial charge in [0.15, 0.2) is 0 Å². The smallest absolute Gasteiger partial charge is 0.227 e. The van der Waals surface area contributed by atoms with Crippen molar-refractivity contribution in [2.24, 2.45) is 5.73 Å². The number of carbonyl (C=O) groups is 1. The summed E-state index contributed by atoms with van der Waals surface area (Å²) in [4.78, 5) is 11.8. The standard InChI is InChI=1S/C12H14N2O2S/c13-11(17)7-12(15)14-9-5-6-16-10-4-2-1-3-8(9)10/h1-4,9H,5-7H2,(H2,13,17)(H,14,15). The molecule has 0 fully saturated rings. The van der Waals surface area contributed by atoms with Gasteiger partial charge in [-0.1, -0.05) is 30.4 Å². The molecule has 1 aliphatic heterocycles. The lowest BCUT2D eigenvalue weighted by molar-refractivity contribution is -0.120. The van der Waals surface area contributed by atoms with Gasteiger partial charge in [0.05, 0.1) is 24.1 Å². The van der Waals surface area contributed by atoms with Gasteiger partial charge in [-0.05, 0) is 6.07 Å². The zero-order valence-corrected chi connectivity index (χ0v) is 10.1. The fraction of sp³-hybridized carbons (Fsp3) is 0.333. The van der Waals surface area contributed by atoms with Gasteiger partial charge >= 0.3 is 0 Å². The summed E-state index contributed by atoms with van der Waals surface area (Å²) in [7, 11) is 0. The van der Waals surface area contributed by atoms with Gasteiger partial charge in [-0.15, -0.1) is 0 Å². The average Bonchev–Trinajstić information content (AvgIpc) is 2.28. The van der Waals surface area contributed by atoms with E-state index in [1.807, 2.05) is 24.3 Å². The molecule has 2 rings (SSSR count). The molecule has 1 atom stereocenters.